The molecule has 1 aliphatic heterocycles. The van der Waals surface area contributed by atoms with Gasteiger partial charge in [0.1, 0.15) is 5.69 Å². The van der Waals surface area contributed by atoms with Gasteiger partial charge in [-0.15, -0.1) is 0 Å². The molecule has 5 heteroatoms. The lowest BCUT2D eigenvalue weighted by molar-refractivity contribution is 0.192. The number of aromatic nitrogens is 3. The van der Waals surface area contributed by atoms with Crippen LogP contribution >= 0.6 is 0 Å². The van der Waals surface area contributed by atoms with Crippen LogP contribution in [0.25, 0.3) is 22.5 Å². The van der Waals surface area contributed by atoms with Crippen LogP contribution in [-0.4, -0.2) is 27.9 Å². The molecule has 20 heavy (non-hydrogen) atoms. The SMILES string of the molecule is Cn1c(-c2nc(C3CCOC3)no2)cc2ccccc21. The minimum Gasteiger partial charge on any atom is -0.381 e. The predicted molar refractivity (Wildman–Crippen MR) is 74.4 cm³/mol. The van der Waals surface area contributed by atoms with Crippen LogP contribution in [0.2, 0.25) is 0 Å². The molecule has 4 rings (SSSR count). The third kappa shape index (κ3) is 1.74. The molecular weight excluding hydrogens is 254 g/mol. The van der Waals surface area contributed by atoms with Gasteiger partial charge in [-0.25, -0.2) is 0 Å². The average Bonchev–Trinajstić information content (AvgIpc) is 3.17. The van der Waals surface area contributed by atoms with Crippen molar-refractivity contribution in [1.82, 2.24) is 14.7 Å². The summed E-state index contributed by atoms with van der Waals surface area (Å²) in [4.78, 5) is 4.54. The summed E-state index contributed by atoms with van der Waals surface area (Å²) in [7, 11) is 2.01. The lowest BCUT2D eigenvalue weighted by atomic mass is 10.1. The second-order valence-corrected chi connectivity index (χ2v) is 5.17. The molecule has 3 aromatic rings. The van der Waals surface area contributed by atoms with E-state index in [9.17, 15) is 0 Å². The van der Waals surface area contributed by atoms with E-state index in [1.807, 2.05) is 19.2 Å². The van der Waals surface area contributed by atoms with E-state index >= 15 is 0 Å². The Balaban J connectivity index is 1.77. The molecule has 1 aliphatic rings. The van der Waals surface area contributed by atoms with E-state index in [1.165, 1.54) is 5.39 Å². The van der Waals surface area contributed by atoms with Crippen molar-refractivity contribution in [2.24, 2.45) is 7.05 Å². The first-order chi connectivity index (χ1) is 9.83. The maximum atomic E-state index is 5.44. The molecule has 102 valence electrons. The molecule has 0 N–H and O–H groups in total. The Bertz CT molecular complexity index is 753. The minimum atomic E-state index is 0.266. The monoisotopic (exact) mass is 269 g/mol. The largest absolute Gasteiger partial charge is 0.381 e. The summed E-state index contributed by atoms with van der Waals surface area (Å²) in [5.41, 5.74) is 2.11. The van der Waals surface area contributed by atoms with Crippen molar-refractivity contribution >= 4 is 10.9 Å². The zero-order valence-electron chi connectivity index (χ0n) is 11.2. The molecule has 1 saturated heterocycles. The van der Waals surface area contributed by atoms with Crippen molar-refractivity contribution in [2.75, 3.05) is 13.2 Å². The van der Waals surface area contributed by atoms with Gasteiger partial charge in [0, 0.05) is 30.5 Å². The molecule has 0 bridgehead atoms. The van der Waals surface area contributed by atoms with Crippen LogP contribution < -0.4 is 0 Å². The smallest absolute Gasteiger partial charge is 0.274 e. The van der Waals surface area contributed by atoms with Crippen LogP contribution in [0.4, 0.5) is 0 Å². The molecule has 1 unspecified atom stereocenters. The van der Waals surface area contributed by atoms with Gasteiger partial charge in [-0.1, -0.05) is 23.4 Å². The van der Waals surface area contributed by atoms with Crippen LogP contribution in [0, 0.1) is 0 Å². The first-order valence-electron chi connectivity index (χ1n) is 6.79. The number of hydrogen-bond acceptors (Lipinski definition) is 4. The van der Waals surface area contributed by atoms with Crippen molar-refractivity contribution < 1.29 is 9.26 Å². The maximum absolute atomic E-state index is 5.44. The zero-order chi connectivity index (χ0) is 13.5. The fourth-order valence-corrected chi connectivity index (χ4v) is 2.74. The molecule has 1 aromatic carbocycles. The third-order valence-corrected chi connectivity index (χ3v) is 3.91. The fraction of sp³-hybridized carbons (Fsp3) is 0.333. The van der Waals surface area contributed by atoms with Crippen molar-refractivity contribution in [3.63, 3.8) is 0 Å². The Morgan fingerprint density at radius 2 is 2.20 bits per heavy atom. The van der Waals surface area contributed by atoms with E-state index in [0.29, 0.717) is 12.5 Å². The summed E-state index contributed by atoms with van der Waals surface area (Å²) in [5, 5.41) is 5.28. The van der Waals surface area contributed by atoms with Crippen LogP contribution in [0.1, 0.15) is 18.2 Å². The molecule has 0 radical (unpaired) electrons. The number of hydrogen-bond donors (Lipinski definition) is 0. The minimum absolute atomic E-state index is 0.266. The first-order valence-corrected chi connectivity index (χ1v) is 6.79. The molecule has 0 saturated carbocycles. The lowest BCUT2D eigenvalue weighted by Gasteiger charge is -1.99. The maximum Gasteiger partial charge on any atom is 0.274 e. The highest BCUT2D eigenvalue weighted by Crippen LogP contribution is 2.28. The van der Waals surface area contributed by atoms with Gasteiger partial charge in [0.2, 0.25) is 0 Å². The number of fused-ring (bicyclic) bond motifs is 1. The average molecular weight is 269 g/mol. The van der Waals surface area contributed by atoms with Crippen molar-refractivity contribution in [2.45, 2.75) is 12.3 Å². The highest BCUT2D eigenvalue weighted by molar-refractivity contribution is 5.85. The van der Waals surface area contributed by atoms with Gasteiger partial charge < -0.3 is 13.8 Å². The summed E-state index contributed by atoms with van der Waals surface area (Å²) in [6.07, 6.45) is 0.966. The molecule has 2 aromatic heterocycles. The standard InChI is InChI=1S/C15H15N3O2/c1-18-12-5-3-2-4-10(12)8-13(18)15-16-14(17-20-15)11-6-7-19-9-11/h2-5,8,11H,6-7,9H2,1H3. The summed E-state index contributed by atoms with van der Waals surface area (Å²) in [6, 6.07) is 10.3. The van der Waals surface area contributed by atoms with E-state index in [0.717, 1.165) is 30.1 Å². The van der Waals surface area contributed by atoms with Crippen LogP contribution in [0.3, 0.4) is 0 Å². The van der Waals surface area contributed by atoms with Gasteiger partial charge in [0.25, 0.3) is 5.89 Å². The van der Waals surface area contributed by atoms with E-state index in [2.05, 4.69) is 32.9 Å². The van der Waals surface area contributed by atoms with Crippen molar-refractivity contribution in [1.29, 1.82) is 0 Å². The third-order valence-electron chi connectivity index (χ3n) is 3.91. The van der Waals surface area contributed by atoms with Crippen LogP contribution in [0.15, 0.2) is 34.9 Å². The van der Waals surface area contributed by atoms with E-state index in [-0.39, 0.29) is 5.92 Å². The Morgan fingerprint density at radius 1 is 1.30 bits per heavy atom. The topological polar surface area (TPSA) is 53.1 Å². The Labute approximate surface area is 116 Å². The normalized spacial score (nSPS) is 18.9. The lowest BCUT2D eigenvalue weighted by Crippen LogP contribution is -2.00. The molecule has 0 amide bonds. The zero-order valence-corrected chi connectivity index (χ0v) is 11.2. The molecule has 0 aliphatic carbocycles. The molecule has 1 fully saturated rings. The summed E-state index contributed by atoms with van der Waals surface area (Å²) in [6.45, 7) is 1.47. The van der Waals surface area contributed by atoms with Gasteiger partial charge in [-0.05, 0) is 18.6 Å². The Hall–Kier alpha value is -2.14. The molecule has 3 heterocycles. The predicted octanol–water partition coefficient (Wildman–Crippen LogP) is 2.73. The van der Waals surface area contributed by atoms with Gasteiger partial charge in [0.15, 0.2) is 5.82 Å². The summed E-state index contributed by atoms with van der Waals surface area (Å²) in [5.74, 6) is 1.59. The Kier molecular flexibility index (Phi) is 2.60. The quantitative estimate of drug-likeness (QED) is 0.717. The first kappa shape index (κ1) is 11.7. The molecular formula is C15H15N3O2. The highest BCUT2D eigenvalue weighted by atomic mass is 16.5. The van der Waals surface area contributed by atoms with Crippen molar-refractivity contribution in [3.05, 3.63) is 36.2 Å². The highest BCUT2D eigenvalue weighted by Gasteiger charge is 2.24. The summed E-state index contributed by atoms with van der Waals surface area (Å²) < 4.78 is 12.9. The van der Waals surface area contributed by atoms with E-state index in [1.54, 1.807) is 0 Å². The van der Waals surface area contributed by atoms with E-state index in [4.69, 9.17) is 9.26 Å². The number of rotatable bonds is 2. The summed E-state index contributed by atoms with van der Waals surface area (Å²) >= 11 is 0. The number of nitrogens with zero attached hydrogens (tertiary/aromatic N) is 3. The number of aryl methyl sites for hydroxylation is 1. The second kappa shape index (κ2) is 4.45. The number of ether oxygens (including phenoxy) is 1. The van der Waals surface area contributed by atoms with Crippen LogP contribution in [0.5, 0.6) is 0 Å². The van der Waals surface area contributed by atoms with E-state index < -0.39 is 0 Å². The Morgan fingerprint density at radius 3 is 3.00 bits per heavy atom. The molecule has 5 nitrogen and oxygen atoms in total. The van der Waals surface area contributed by atoms with Gasteiger partial charge in [-0.2, -0.15) is 4.98 Å². The van der Waals surface area contributed by atoms with Crippen molar-refractivity contribution in [3.8, 4) is 11.6 Å². The fourth-order valence-electron chi connectivity index (χ4n) is 2.74. The molecule has 1 atom stereocenters. The number of benzene rings is 1. The molecule has 0 spiro atoms. The van der Waals surface area contributed by atoms with Crippen LogP contribution in [-0.2, 0) is 11.8 Å². The second-order valence-electron chi connectivity index (χ2n) is 5.17. The van der Waals surface area contributed by atoms with Gasteiger partial charge in [0.05, 0.1) is 6.61 Å². The van der Waals surface area contributed by atoms with Gasteiger partial charge in [-0.3, -0.25) is 0 Å². The number of para-hydroxylation sites is 1. The van der Waals surface area contributed by atoms with Gasteiger partial charge >= 0.3 is 0 Å².